The summed E-state index contributed by atoms with van der Waals surface area (Å²) in [6.07, 6.45) is 6.84. The lowest BCUT2D eigenvalue weighted by Crippen LogP contribution is -2.53. The van der Waals surface area contributed by atoms with E-state index in [1.165, 1.54) is 0 Å². The van der Waals surface area contributed by atoms with Crippen LogP contribution in [0.25, 0.3) is 0 Å². The van der Waals surface area contributed by atoms with Crippen LogP contribution in [0.5, 0.6) is 0 Å². The van der Waals surface area contributed by atoms with Crippen LogP contribution in [0.4, 0.5) is 0 Å². The Hall–Kier alpha value is -0.413. The van der Waals surface area contributed by atoms with E-state index in [1.807, 2.05) is 0 Å². The van der Waals surface area contributed by atoms with Gasteiger partial charge < -0.3 is 4.43 Å². The van der Waals surface area contributed by atoms with Gasteiger partial charge in [-0.2, -0.15) is 0 Å². The second kappa shape index (κ2) is 3.79. The zero-order chi connectivity index (χ0) is 12.9. The van der Waals surface area contributed by atoms with E-state index in [2.05, 4.69) is 46.0 Å². The maximum Gasteiger partial charge on any atom is 0.193 e. The summed E-state index contributed by atoms with van der Waals surface area (Å²) in [7, 11) is -1.79. The number of rotatable bonds is 2. The van der Waals surface area contributed by atoms with Gasteiger partial charge in [-0.15, -0.1) is 0 Å². The minimum atomic E-state index is -1.79. The molecule has 0 radical (unpaired) electrons. The largest absolute Gasteiger partial charge is 0.408 e. The van der Waals surface area contributed by atoms with Gasteiger partial charge in [-0.3, -0.25) is 4.79 Å². The number of allylic oxidation sites excluding steroid dienone is 1. The molecule has 2 bridgehead atoms. The first-order valence-electron chi connectivity index (χ1n) is 6.58. The minimum Gasteiger partial charge on any atom is -0.408 e. The van der Waals surface area contributed by atoms with Crippen LogP contribution in [0, 0.1) is 5.92 Å². The summed E-state index contributed by atoms with van der Waals surface area (Å²) in [5.41, 5.74) is -0.269. The maximum atomic E-state index is 11.9. The normalized spacial score (nSPS) is 33.2. The van der Waals surface area contributed by atoms with Crippen LogP contribution in [0.3, 0.4) is 0 Å². The van der Waals surface area contributed by atoms with Crippen molar-refractivity contribution in [3.8, 4) is 0 Å². The number of carbonyl (C=O) groups is 1. The highest BCUT2D eigenvalue weighted by molar-refractivity contribution is 6.74. The van der Waals surface area contributed by atoms with Gasteiger partial charge in [0.05, 0.1) is 5.60 Å². The van der Waals surface area contributed by atoms with E-state index < -0.39 is 8.32 Å². The Balaban J connectivity index is 2.21. The number of hydrogen-bond donors (Lipinski definition) is 0. The summed E-state index contributed by atoms with van der Waals surface area (Å²) >= 11 is 0. The molecule has 3 aliphatic carbocycles. The third kappa shape index (κ3) is 2.27. The number of Topliss-reactive ketones (excluding diaryl/α,β-unsaturated/α-hetero) is 1. The third-order valence-electron chi connectivity index (χ3n) is 4.66. The van der Waals surface area contributed by atoms with E-state index in [0.717, 1.165) is 12.8 Å². The fourth-order valence-electron chi connectivity index (χ4n) is 2.49. The predicted molar refractivity (Wildman–Crippen MR) is 72.5 cm³/mol. The highest BCUT2D eigenvalue weighted by Crippen LogP contribution is 2.46. The molecule has 0 aliphatic heterocycles. The molecule has 3 heteroatoms. The Morgan fingerprint density at radius 1 is 1.41 bits per heavy atom. The Kier molecular flexibility index (Phi) is 2.90. The van der Waals surface area contributed by atoms with Gasteiger partial charge in [0.1, 0.15) is 5.78 Å². The highest BCUT2D eigenvalue weighted by atomic mass is 28.4. The van der Waals surface area contributed by atoms with Crippen LogP contribution in [-0.2, 0) is 9.22 Å². The molecule has 3 aliphatic rings. The second-order valence-corrected chi connectivity index (χ2v) is 11.8. The van der Waals surface area contributed by atoms with Crippen LogP contribution in [0.1, 0.15) is 40.0 Å². The first-order chi connectivity index (χ1) is 7.65. The molecule has 17 heavy (non-hydrogen) atoms. The van der Waals surface area contributed by atoms with Gasteiger partial charge in [-0.1, -0.05) is 32.9 Å². The molecule has 0 N–H and O–H groups in total. The van der Waals surface area contributed by atoms with Crippen molar-refractivity contribution in [3.63, 3.8) is 0 Å². The average molecular weight is 252 g/mol. The monoisotopic (exact) mass is 252 g/mol. The van der Waals surface area contributed by atoms with Crippen molar-refractivity contribution in [1.82, 2.24) is 0 Å². The van der Waals surface area contributed by atoms with Gasteiger partial charge in [0.25, 0.3) is 0 Å². The topological polar surface area (TPSA) is 26.3 Å². The first kappa shape index (κ1) is 13.0. The molecule has 0 saturated heterocycles. The van der Waals surface area contributed by atoms with Crippen LogP contribution in [0.15, 0.2) is 12.2 Å². The molecule has 1 fully saturated rings. The Labute approximate surface area is 106 Å². The number of hydrogen-bond acceptors (Lipinski definition) is 2. The number of fused-ring (bicyclic) bond motifs is 2. The summed E-state index contributed by atoms with van der Waals surface area (Å²) in [4.78, 5) is 11.9. The van der Waals surface area contributed by atoms with Gasteiger partial charge in [-0.05, 0) is 31.0 Å². The first-order valence-corrected chi connectivity index (χ1v) is 9.48. The van der Waals surface area contributed by atoms with Crippen molar-refractivity contribution in [2.24, 2.45) is 5.92 Å². The molecule has 1 saturated carbocycles. The summed E-state index contributed by atoms with van der Waals surface area (Å²) in [6.45, 7) is 11.3. The summed E-state index contributed by atoms with van der Waals surface area (Å²) in [5, 5.41) is 0.201. The predicted octanol–water partition coefficient (Wildman–Crippen LogP) is 3.69. The SMILES string of the molecule is CC(C)(C)[Si](C)(C)O[C@]12C=C[C@H](CC1)C(=O)C2. The Morgan fingerprint density at radius 3 is 2.47 bits per heavy atom. The molecule has 3 rings (SSSR count). The fraction of sp³-hybridized carbons (Fsp3) is 0.786. The number of carbonyl (C=O) groups excluding carboxylic acids is 1. The van der Waals surface area contributed by atoms with Crippen LogP contribution >= 0.6 is 0 Å². The molecule has 0 aromatic carbocycles. The number of ketones is 1. The molecule has 0 heterocycles. The second-order valence-electron chi connectivity index (χ2n) is 7.07. The summed E-state index contributed by atoms with van der Waals surface area (Å²) in [6, 6.07) is 0. The van der Waals surface area contributed by atoms with Crippen LogP contribution in [-0.4, -0.2) is 19.7 Å². The smallest absolute Gasteiger partial charge is 0.193 e. The fourth-order valence-corrected chi connectivity index (χ4v) is 4.06. The van der Waals surface area contributed by atoms with Crippen molar-refractivity contribution in [2.45, 2.75) is 63.8 Å². The van der Waals surface area contributed by atoms with E-state index in [-0.39, 0.29) is 16.6 Å². The standard InChI is InChI=1S/C14H24O2Si/c1-13(2,3)17(4,5)16-14-8-6-11(7-9-14)12(15)10-14/h6,8,11H,7,9-10H2,1-5H3/t11-,14-/m1/s1. The lowest BCUT2D eigenvalue weighted by atomic mass is 9.72. The zero-order valence-electron chi connectivity index (χ0n) is 11.7. The lowest BCUT2D eigenvalue weighted by molar-refractivity contribution is -0.129. The molecule has 2 atom stereocenters. The molecule has 0 aromatic rings. The van der Waals surface area contributed by atoms with E-state index in [9.17, 15) is 4.79 Å². The Morgan fingerprint density at radius 2 is 2.06 bits per heavy atom. The molecular formula is C14H24O2Si. The van der Waals surface area contributed by atoms with E-state index in [4.69, 9.17) is 4.43 Å². The maximum absolute atomic E-state index is 11.9. The van der Waals surface area contributed by atoms with Crippen molar-refractivity contribution >= 4 is 14.1 Å². The molecular weight excluding hydrogens is 228 g/mol. The highest BCUT2D eigenvalue weighted by Gasteiger charge is 2.48. The third-order valence-corrected chi connectivity index (χ3v) is 9.19. The molecule has 0 unspecified atom stereocenters. The lowest BCUT2D eigenvalue weighted by Gasteiger charge is -2.48. The van der Waals surface area contributed by atoms with Gasteiger partial charge in [0.2, 0.25) is 0 Å². The van der Waals surface area contributed by atoms with Gasteiger partial charge in [0, 0.05) is 12.3 Å². The van der Waals surface area contributed by atoms with E-state index in [1.54, 1.807) is 0 Å². The van der Waals surface area contributed by atoms with E-state index >= 15 is 0 Å². The van der Waals surface area contributed by atoms with Crippen molar-refractivity contribution in [1.29, 1.82) is 0 Å². The van der Waals surface area contributed by atoms with Gasteiger partial charge in [-0.25, -0.2) is 0 Å². The molecule has 0 aromatic heterocycles. The minimum absolute atomic E-state index is 0.180. The zero-order valence-corrected chi connectivity index (χ0v) is 12.7. The van der Waals surface area contributed by atoms with Crippen LogP contribution < -0.4 is 0 Å². The van der Waals surface area contributed by atoms with Gasteiger partial charge in [0.15, 0.2) is 8.32 Å². The average Bonchev–Trinajstić information content (AvgIpc) is 2.15. The quantitative estimate of drug-likeness (QED) is 0.553. The van der Waals surface area contributed by atoms with Crippen LogP contribution in [0.2, 0.25) is 18.1 Å². The summed E-state index contributed by atoms with van der Waals surface area (Å²) in [5.74, 6) is 0.553. The summed E-state index contributed by atoms with van der Waals surface area (Å²) < 4.78 is 6.52. The van der Waals surface area contributed by atoms with Crippen molar-refractivity contribution < 1.29 is 9.22 Å². The van der Waals surface area contributed by atoms with Gasteiger partial charge >= 0.3 is 0 Å². The van der Waals surface area contributed by atoms with Crippen molar-refractivity contribution in [3.05, 3.63) is 12.2 Å². The molecule has 0 spiro atoms. The Bertz CT molecular complexity index is 365. The van der Waals surface area contributed by atoms with E-state index in [0.29, 0.717) is 12.2 Å². The molecule has 96 valence electrons. The molecule has 2 nitrogen and oxygen atoms in total. The molecule has 0 amide bonds. The van der Waals surface area contributed by atoms with Crippen molar-refractivity contribution in [2.75, 3.05) is 0 Å².